The summed E-state index contributed by atoms with van der Waals surface area (Å²) in [5.41, 5.74) is 1.46. The molecule has 0 radical (unpaired) electrons. The van der Waals surface area contributed by atoms with Crippen LogP contribution in [0.5, 0.6) is 0 Å². The summed E-state index contributed by atoms with van der Waals surface area (Å²) in [5, 5.41) is 9.10. The lowest BCUT2D eigenvalue weighted by molar-refractivity contribution is 0.112. The van der Waals surface area contributed by atoms with E-state index in [2.05, 4.69) is 0 Å². The Morgan fingerprint density at radius 3 is 2.27 bits per heavy atom. The standard InChI is InChI=1S/C9H10O2/c1-7(11)9-4-2-8(6-10)3-5-9/h2-7,11H,1H3. The zero-order valence-electron chi connectivity index (χ0n) is 6.32. The predicted molar refractivity (Wildman–Crippen MR) is 42.5 cm³/mol. The Hall–Kier alpha value is -1.15. The molecule has 0 heterocycles. The molecular weight excluding hydrogens is 140 g/mol. The number of aliphatic hydroxyl groups excluding tert-OH is 1. The zero-order valence-corrected chi connectivity index (χ0v) is 6.32. The van der Waals surface area contributed by atoms with E-state index in [0.717, 1.165) is 11.8 Å². The zero-order chi connectivity index (χ0) is 8.27. The van der Waals surface area contributed by atoms with E-state index in [1.165, 1.54) is 0 Å². The lowest BCUT2D eigenvalue weighted by Crippen LogP contribution is -1.90. The largest absolute Gasteiger partial charge is 0.389 e. The fraction of sp³-hybridized carbons (Fsp3) is 0.222. The second kappa shape index (κ2) is 3.30. The van der Waals surface area contributed by atoms with Crippen molar-refractivity contribution < 1.29 is 9.90 Å². The van der Waals surface area contributed by atoms with E-state index in [9.17, 15) is 4.79 Å². The fourth-order valence-corrected chi connectivity index (χ4v) is 0.853. The van der Waals surface area contributed by atoms with Gasteiger partial charge >= 0.3 is 0 Å². The highest BCUT2D eigenvalue weighted by atomic mass is 16.3. The molecule has 0 aromatic heterocycles. The quantitative estimate of drug-likeness (QED) is 0.649. The van der Waals surface area contributed by atoms with Crippen LogP contribution in [0, 0.1) is 0 Å². The van der Waals surface area contributed by atoms with Gasteiger partial charge in [-0.25, -0.2) is 0 Å². The van der Waals surface area contributed by atoms with Crippen molar-refractivity contribution in [2.24, 2.45) is 0 Å². The summed E-state index contributed by atoms with van der Waals surface area (Å²) in [5.74, 6) is 0. The van der Waals surface area contributed by atoms with Crippen molar-refractivity contribution >= 4 is 6.29 Å². The minimum Gasteiger partial charge on any atom is -0.389 e. The molecule has 1 aromatic carbocycles. The summed E-state index contributed by atoms with van der Waals surface area (Å²) >= 11 is 0. The number of carbonyl (C=O) groups is 1. The molecule has 0 saturated heterocycles. The molecule has 0 fully saturated rings. The van der Waals surface area contributed by atoms with Crippen molar-refractivity contribution in [2.75, 3.05) is 0 Å². The maximum atomic E-state index is 10.2. The lowest BCUT2D eigenvalue weighted by atomic mass is 10.1. The van der Waals surface area contributed by atoms with Gasteiger partial charge in [-0.15, -0.1) is 0 Å². The van der Waals surface area contributed by atoms with Gasteiger partial charge in [0.1, 0.15) is 6.29 Å². The van der Waals surface area contributed by atoms with E-state index in [0.29, 0.717) is 5.56 Å². The van der Waals surface area contributed by atoms with Gasteiger partial charge in [-0.3, -0.25) is 4.79 Å². The highest BCUT2D eigenvalue weighted by Crippen LogP contribution is 2.11. The molecule has 0 bridgehead atoms. The van der Waals surface area contributed by atoms with E-state index < -0.39 is 6.10 Å². The second-order valence-electron chi connectivity index (χ2n) is 2.46. The number of aliphatic hydroxyl groups is 1. The van der Waals surface area contributed by atoms with E-state index in [4.69, 9.17) is 5.11 Å². The third kappa shape index (κ3) is 1.88. The summed E-state index contributed by atoms with van der Waals surface area (Å²) < 4.78 is 0. The Labute approximate surface area is 65.5 Å². The molecule has 0 saturated carbocycles. The van der Waals surface area contributed by atoms with Gasteiger partial charge in [0, 0.05) is 5.56 Å². The summed E-state index contributed by atoms with van der Waals surface area (Å²) in [7, 11) is 0. The van der Waals surface area contributed by atoms with Gasteiger partial charge in [0.2, 0.25) is 0 Å². The molecule has 1 atom stereocenters. The normalized spacial score (nSPS) is 12.5. The first-order valence-corrected chi connectivity index (χ1v) is 3.47. The Balaban J connectivity index is 2.91. The van der Waals surface area contributed by atoms with Crippen LogP contribution in [0.1, 0.15) is 28.9 Å². The Morgan fingerprint density at radius 2 is 1.91 bits per heavy atom. The SMILES string of the molecule is CC(O)c1ccc(C=O)cc1. The van der Waals surface area contributed by atoms with Crippen LogP contribution in [0.3, 0.4) is 0 Å². The van der Waals surface area contributed by atoms with Gasteiger partial charge in [0.05, 0.1) is 6.10 Å². The minimum absolute atomic E-state index is 0.462. The molecule has 0 aliphatic heterocycles. The maximum absolute atomic E-state index is 10.2. The van der Waals surface area contributed by atoms with E-state index in [1.807, 2.05) is 0 Å². The summed E-state index contributed by atoms with van der Waals surface area (Å²) in [4.78, 5) is 10.2. The van der Waals surface area contributed by atoms with Crippen LogP contribution in [-0.4, -0.2) is 11.4 Å². The molecule has 11 heavy (non-hydrogen) atoms. The van der Waals surface area contributed by atoms with Crippen molar-refractivity contribution in [1.29, 1.82) is 0 Å². The number of benzene rings is 1. The number of hydrogen-bond donors (Lipinski definition) is 1. The highest BCUT2D eigenvalue weighted by Gasteiger charge is 1.98. The number of aldehydes is 1. The van der Waals surface area contributed by atoms with Crippen molar-refractivity contribution in [2.45, 2.75) is 13.0 Å². The van der Waals surface area contributed by atoms with Gasteiger partial charge in [-0.1, -0.05) is 24.3 Å². The molecule has 0 aliphatic rings. The van der Waals surface area contributed by atoms with Crippen LogP contribution in [-0.2, 0) is 0 Å². The van der Waals surface area contributed by atoms with Crippen LogP contribution in [0.25, 0.3) is 0 Å². The first-order chi connectivity index (χ1) is 5.24. The first kappa shape index (κ1) is 7.95. The molecule has 0 aliphatic carbocycles. The second-order valence-corrected chi connectivity index (χ2v) is 2.46. The summed E-state index contributed by atoms with van der Waals surface area (Å²) in [6, 6.07) is 6.87. The van der Waals surface area contributed by atoms with Crippen LogP contribution in [0.2, 0.25) is 0 Å². The summed E-state index contributed by atoms with van der Waals surface area (Å²) in [6.07, 6.45) is 0.321. The highest BCUT2D eigenvalue weighted by molar-refractivity contribution is 5.74. The number of carbonyl (C=O) groups excluding carboxylic acids is 1. The molecule has 1 N–H and O–H groups in total. The van der Waals surface area contributed by atoms with Gasteiger partial charge in [-0.05, 0) is 12.5 Å². The summed E-state index contributed by atoms with van der Waals surface area (Å²) in [6.45, 7) is 1.69. The molecule has 2 heteroatoms. The Bertz CT molecular complexity index is 236. The van der Waals surface area contributed by atoms with Gasteiger partial charge in [0.25, 0.3) is 0 Å². The Kier molecular flexibility index (Phi) is 2.39. The van der Waals surface area contributed by atoms with Crippen molar-refractivity contribution in [3.63, 3.8) is 0 Å². The van der Waals surface area contributed by atoms with Gasteiger partial charge in [-0.2, -0.15) is 0 Å². The van der Waals surface area contributed by atoms with Gasteiger partial charge < -0.3 is 5.11 Å². The minimum atomic E-state index is -0.462. The smallest absolute Gasteiger partial charge is 0.150 e. The predicted octanol–water partition coefficient (Wildman–Crippen LogP) is 1.55. The number of hydrogen-bond acceptors (Lipinski definition) is 2. The van der Waals surface area contributed by atoms with E-state index >= 15 is 0 Å². The van der Waals surface area contributed by atoms with Crippen LogP contribution < -0.4 is 0 Å². The van der Waals surface area contributed by atoms with Crippen molar-refractivity contribution in [3.05, 3.63) is 35.4 Å². The third-order valence-corrected chi connectivity index (χ3v) is 1.55. The first-order valence-electron chi connectivity index (χ1n) is 3.47. The molecule has 0 amide bonds. The molecule has 1 aromatic rings. The van der Waals surface area contributed by atoms with Crippen molar-refractivity contribution in [1.82, 2.24) is 0 Å². The number of rotatable bonds is 2. The molecule has 2 nitrogen and oxygen atoms in total. The Morgan fingerprint density at radius 1 is 1.36 bits per heavy atom. The molecule has 58 valence electrons. The lowest BCUT2D eigenvalue weighted by Gasteiger charge is -2.02. The topological polar surface area (TPSA) is 37.3 Å². The molecule has 1 unspecified atom stereocenters. The third-order valence-electron chi connectivity index (χ3n) is 1.55. The monoisotopic (exact) mass is 150 g/mol. The average Bonchev–Trinajstić information content (AvgIpc) is 2.05. The average molecular weight is 150 g/mol. The molecule has 0 spiro atoms. The van der Waals surface area contributed by atoms with Crippen LogP contribution in [0.4, 0.5) is 0 Å². The van der Waals surface area contributed by atoms with Crippen LogP contribution >= 0.6 is 0 Å². The van der Waals surface area contributed by atoms with Crippen molar-refractivity contribution in [3.8, 4) is 0 Å². The van der Waals surface area contributed by atoms with E-state index in [1.54, 1.807) is 31.2 Å². The van der Waals surface area contributed by atoms with Crippen LogP contribution in [0.15, 0.2) is 24.3 Å². The maximum Gasteiger partial charge on any atom is 0.150 e. The van der Waals surface area contributed by atoms with E-state index in [-0.39, 0.29) is 0 Å². The molecule has 1 rings (SSSR count). The fourth-order valence-electron chi connectivity index (χ4n) is 0.853. The van der Waals surface area contributed by atoms with Gasteiger partial charge in [0.15, 0.2) is 0 Å². The molecular formula is C9H10O2.